The average Bonchev–Trinajstić information content (AvgIpc) is 3.05. The Hall–Kier alpha value is -1.94. The fourth-order valence-electron chi connectivity index (χ4n) is 2.47. The fourth-order valence-corrected chi connectivity index (χ4v) is 2.47. The molecule has 0 aromatic carbocycles. The van der Waals surface area contributed by atoms with E-state index in [1.165, 1.54) is 24.1 Å². The molecule has 2 aromatic heterocycles. The normalized spacial score (nSPS) is 23.0. The van der Waals surface area contributed by atoms with Crippen LogP contribution in [0.5, 0.6) is 0 Å². The van der Waals surface area contributed by atoms with Gasteiger partial charge in [-0.25, -0.2) is 4.68 Å². The van der Waals surface area contributed by atoms with Crippen LogP contribution in [-0.4, -0.2) is 49.2 Å². The first-order valence-electron chi connectivity index (χ1n) is 6.65. The van der Waals surface area contributed by atoms with Crippen molar-refractivity contribution < 1.29 is 23.0 Å². The van der Waals surface area contributed by atoms with Crippen molar-refractivity contribution in [2.24, 2.45) is 7.05 Å². The molecule has 1 N–H and O–H groups in total. The van der Waals surface area contributed by atoms with Crippen molar-refractivity contribution in [1.29, 1.82) is 0 Å². The number of alkyl halides is 3. The van der Waals surface area contributed by atoms with Crippen LogP contribution in [0.2, 0.25) is 0 Å². The number of rotatable bonds is 2. The first kappa shape index (κ1) is 15.0. The van der Waals surface area contributed by atoms with E-state index in [0.717, 1.165) is 4.68 Å². The summed E-state index contributed by atoms with van der Waals surface area (Å²) in [7, 11) is 1.41. The smallest absolute Gasteiger partial charge is 0.388 e. The number of ether oxygens (including phenoxy) is 1. The zero-order chi connectivity index (χ0) is 15.9. The number of aromatic nitrogens is 5. The molecular formula is C12H14F3N5O2. The Balaban J connectivity index is 1.94. The quantitative estimate of drug-likeness (QED) is 0.895. The molecule has 0 bridgehead atoms. The van der Waals surface area contributed by atoms with E-state index >= 15 is 0 Å². The number of aliphatic hydroxyl groups excluding tert-OH is 1. The lowest BCUT2D eigenvalue weighted by Crippen LogP contribution is -2.34. The summed E-state index contributed by atoms with van der Waals surface area (Å²) in [5.74, 6) is 0. The van der Waals surface area contributed by atoms with E-state index in [2.05, 4.69) is 15.4 Å². The Kier molecular flexibility index (Phi) is 3.65. The SMILES string of the molecule is Cn1cc(-c2cn([C@@H]3CCOC[C@H]3O)nn2)c(C(F)(F)F)n1. The summed E-state index contributed by atoms with van der Waals surface area (Å²) >= 11 is 0. The maximum absolute atomic E-state index is 13.0. The summed E-state index contributed by atoms with van der Waals surface area (Å²) in [6, 6.07) is -0.360. The van der Waals surface area contributed by atoms with E-state index in [9.17, 15) is 18.3 Å². The molecule has 0 amide bonds. The van der Waals surface area contributed by atoms with Crippen LogP contribution in [0.15, 0.2) is 12.4 Å². The van der Waals surface area contributed by atoms with Gasteiger partial charge in [0.1, 0.15) is 5.69 Å². The molecule has 1 fully saturated rings. The predicted molar refractivity (Wildman–Crippen MR) is 67.7 cm³/mol. The van der Waals surface area contributed by atoms with Crippen molar-refractivity contribution in [1.82, 2.24) is 24.8 Å². The molecule has 0 radical (unpaired) electrons. The summed E-state index contributed by atoms with van der Waals surface area (Å²) in [6.45, 7) is 0.623. The molecule has 3 heterocycles. The lowest BCUT2D eigenvalue weighted by atomic mass is 10.1. The van der Waals surface area contributed by atoms with Gasteiger partial charge < -0.3 is 9.84 Å². The first-order valence-corrected chi connectivity index (χ1v) is 6.65. The third kappa shape index (κ3) is 2.71. The zero-order valence-corrected chi connectivity index (χ0v) is 11.7. The Morgan fingerprint density at radius 3 is 2.82 bits per heavy atom. The van der Waals surface area contributed by atoms with E-state index in [1.54, 1.807) is 0 Å². The molecule has 2 atom stereocenters. The van der Waals surface area contributed by atoms with Crippen LogP contribution in [0.3, 0.4) is 0 Å². The molecule has 1 aliphatic heterocycles. The van der Waals surface area contributed by atoms with Gasteiger partial charge >= 0.3 is 6.18 Å². The van der Waals surface area contributed by atoms with Gasteiger partial charge in [-0.15, -0.1) is 5.10 Å². The van der Waals surface area contributed by atoms with Crippen molar-refractivity contribution in [3.8, 4) is 11.3 Å². The second-order valence-electron chi connectivity index (χ2n) is 5.14. The minimum Gasteiger partial charge on any atom is -0.388 e. The summed E-state index contributed by atoms with van der Waals surface area (Å²) < 4.78 is 46.5. The minimum atomic E-state index is -4.57. The molecule has 0 aliphatic carbocycles. The van der Waals surface area contributed by atoms with E-state index in [4.69, 9.17) is 4.74 Å². The van der Waals surface area contributed by atoms with Crippen LogP contribution in [0.25, 0.3) is 11.3 Å². The van der Waals surface area contributed by atoms with Gasteiger partial charge in [0.2, 0.25) is 0 Å². The fraction of sp³-hybridized carbons (Fsp3) is 0.583. The monoisotopic (exact) mass is 317 g/mol. The molecule has 1 saturated heterocycles. The predicted octanol–water partition coefficient (Wildman–Crippen LogP) is 1.02. The van der Waals surface area contributed by atoms with Crippen LogP contribution in [0.4, 0.5) is 13.2 Å². The third-order valence-electron chi connectivity index (χ3n) is 3.51. The molecule has 10 heteroatoms. The molecule has 0 saturated carbocycles. The second kappa shape index (κ2) is 5.36. The van der Waals surface area contributed by atoms with Gasteiger partial charge in [0.15, 0.2) is 5.69 Å². The summed E-state index contributed by atoms with van der Waals surface area (Å²) in [4.78, 5) is 0. The number of aryl methyl sites for hydroxylation is 1. The van der Waals surface area contributed by atoms with Gasteiger partial charge in [-0.3, -0.25) is 4.68 Å². The molecule has 0 unspecified atom stereocenters. The van der Waals surface area contributed by atoms with Gasteiger partial charge in [-0.05, 0) is 6.42 Å². The maximum atomic E-state index is 13.0. The largest absolute Gasteiger partial charge is 0.435 e. The number of aliphatic hydroxyl groups is 1. The standard InChI is InChI=1S/C12H14F3N5O2/c1-19-4-7(11(17-19)12(13,14)15)8-5-20(18-16-8)9-2-3-22-6-10(9)21/h4-5,9-10,21H,2-3,6H2,1H3/t9-,10-/m1/s1. The number of hydrogen-bond donors (Lipinski definition) is 1. The third-order valence-corrected chi connectivity index (χ3v) is 3.51. The zero-order valence-electron chi connectivity index (χ0n) is 11.7. The van der Waals surface area contributed by atoms with E-state index in [0.29, 0.717) is 13.0 Å². The van der Waals surface area contributed by atoms with Crippen molar-refractivity contribution in [2.45, 2.75) is 24.7 Å². The average molecular weight is 317 g/mol. The van der Waals surface area contributed by atoms with Crippen molar-refractivity contribution in [2.75, 3.05) is 13.2 Å². The van der Waals surface area contributed by atoms with Crippen molar-refractivity contribution >= 4 is 0 Å². The van der Waals surface area contributed by atoms with Crippen LogP contribution in [0.1, 0.15) is 18.2 Å². The highest BCUT2D eigenvalue weighted by Gasteiger charge is 2.38. The summed E-state index contributed by atoms with van der Waals surface area (Å²) in [6.07, 6.45) is -2.18. The van der Waals surface area contributed by atoms with Gasteiger partial charge in [0.05, 0.1) is 30.5 Å². The van der Waals surface area contributed by atoms with Crippen molar-refractivity contribution in [3.63, 3.8) is 0 Å². The Morgan fingerprint density at radius 1 is 1.36 bits per heavy atom. The summed E-state index contributed by atoms with van der Waals surface area (Å²) in [5, 5.41) is 21.0. The highest BCUT2D eigenvalue weighted by molar-refractivity contribution is 5.60. The van der Waals surface area contributed by atoms with Crippen LogP contribution in [-0.2, 0) is 18.0 Å². The molecule has 3 rings (SSSR count). The van der Waals surface area contributed by atoms with Gasteiger partial charge in [0.25, 0.3) is 0 Å². The number of hydrogen-bond acceptors (Lipinski definition) is 5. The molecule has 7 nitrogen and oxygen atoms in total. The molecule has 2 aromatic rings. The molecule has 22 heavy (non-hydrogen) atoms. The highest BCUT2D eigenvalue weighted by atomic mass is 19.4. The minimum absolute atomic E-state index is 0.0686. The number of halogens is 3. The summed E-state index contributed by atoms with van der Waals surface area (Å²) in [5.41, 5.74) is -1.07. The lowest BCUT2D eigenvalue weighted by Gasteiger charge is -2.27. The Bertz CT molecular complexity index is 666. The van der Waals surface area contributed by atoms with Gasteiger partial charge in [-0.2, -0.15) is 18.3 Å². The topological polar surface area (TPSA) is 78.0 Å². The van der Waals surface area contributed by atoms with Crippen LogP contribution < -0.4 is 0 Å². The van der Waals surface area contributed by atoms with Crippen molar-refractivity contribution in [3.05, 3.63) is 18.1 Å². The van der Waals surface area contributed by atoms with Gasteiger partial charge in [0, 0.05) is 19.9 Å². The number of nitrogens with zero attached hydrogens (tertiary/aromatic N) is 5. The van der Waals surface area contributed by atoms with E-state index < -0.39 is 18.0 Å². The van der Waals surface area contributed by atoms with Gasteiger partial charge in [-0.1, -0.05) is 5.21 Å². The highest BCUT2D eigenvalue weighted by Crippen LogP contribution is 2.35. The molecular weight excluding hydrogens is 303 g/mol. The van der Waals surface area contributed by atoms with Crippen LogP contribution >= 0.6 is 0 Å². The van der Waals surface area contributed by atoms with E-state index in [-0.39, 0.29) is 23.9 Å². The van der Waals surface area contributed by atoms with E-state index in [1.807, 2.05) is 0 Å². The second-order valence-corrected chi connectivity index (χ2v) is 5.14. The first-order chi connectivity index (χ1) is 10.4. The molecule has 120 valence electrons. The Labute approximate surface area is 123 Å². The molecule has 1 aliphatic rings. The Morgan fingerprint density at radius 2 is 2.14 bits per heavy atom. The van der Waals surface area contributed by atoms with Crippen LogP contribution in [0, 0.1) is 0 Å². The lowest BCUT2D eigenvalue weighted by molar-refractivity contribution is -0.141. The molecule has 0 spiro atoms. The maximum Gasteiger partial charge on any atom is 0.435 e.